The molecule has 2 aromatic carbocycles. The molecule has 0 saturated carbocycles. The van der Waals surface area contributed by atoms with Gasteiger partial charge in [-0.25, -0.2) is 13.1 Å². The highest BCUT2D eigenvalue weighted by molar-refractivity contribution is 7.89. The van der Waals surface area contributed by atoms with Gasteiger partial charge in [0.1, 0.15) is 11.5 Å². The van der Waals surface area contributed by atoms with Crippen molar-refractivity contribution in [3.8, 4) is 11.5 Å². The number of nitrogens with one attached hydrogen (secondary N) is 2. The molecule has 0 heterocycles. The average Bonchev–Trinajstić information content (AvgIpc) is 2.71. The van der Waals surface area contributed by atoms with Crippen molar-refractivity contribution in [1.82, 2.24) is 10.0 Å². The Morgan fingerprint density at radius 1 is 0.967 bits per heavy atom. The van der Waals surface area contributed by atoms with Crippen LogP contribution >= 0.6 is 0 Å². The minimum atomic E-state index is -3.88. The summed E-state index contributed by atoms with van der Waals surface area (Å²) in [4.78, 5) is 12.1. The highest BCUT2D eigenvalue weighted by Crippen LogP contribution is 2.32. The molecule has 2 rings (SSSR count). The standard InChI is InChI=1S/C22H30N2O5S/c1-13(2)17-12-18(14(3)10-21(17)29-7)15(4)24-30(26,27)16-8-9-20(28-6)19(11-16)22(25)23-5/h8-13,15,24H,1-7H3,(H,23,25). The fourth-order valence-electron chi connectivity index (χ4n) is 3.34. The van der Waals surface area contributed by atoms with Gasteiger partial charge >= 0.3 is 0 Å². The van der Waals surface area contributed by atoms with Crippen molar-refractivity contribution in [3.63, 3.8) is 0 Å². The smallest absolute Gasteiger partial charge is 0.254 e. The van der Waals surface area contributed by atoms with Gasteiger partial charge in [-0.05, 0) is 66.8 Å². The van der Waals surface area contributed by atoms with E-state index in [1.165, 1.54) is 32.4 Å². The van der Waals surface area contributed by atoms with Gasteiger partial charge < -0.3 is 14.8 Å². The third kappa shape index (κ3) is 4.94. The number of benzene rings is 2. The van der Waals surface area contributed by atoms with Crippen molar-refractivity contribution in [1.29, 1.82) is 0 Å². The first-order valence-electron chi connectivity index (χ1n) is 9.66. The zero-order valence-corrected chi connectivity index (χ0v) is 19.3. The second-order valence-corrected chi connectivity index (χ2v) is 9.10. The van der Waals surface area contributed by atoms with Crippen molar-refractivity contribution in [2.24, 2.45) is 0 Å². The lowest BCUT2D eigenvalue weighted by Gasteiger charge is -2.21. The number of ether oxygens (including phenoxy) is 2. The summed E-state index contributed by atoms with van der Waals surface area (Å²) in [7, 11) is 0.646. The molecule has 30 heavy (non-hydrogen) atoms. The molecule has 0 fully saturated rings. The van der Waals surface area contributed by atoms with Crippen LogP contribution in [0.4, 0.5) is 0 Å². The van der Waals surface area contributed by atoms with E-state index in [-0.39, 0.29) is 16.4 Å². The molecule has 0 radical (unpaired) electrons. The Labute approximate surface area is 178 Å². The van der Waals surface area contributed by atoms with Crippen molar-refractivity contribution >= 4 is 15.9 Å². The van der Waals surface area contributed by atoms with Crippen LogP contribution in [0.15, 0.2) is 35.2 Å². The van der Waals surface area contributed by atoms with E-state index in [0.29, 0.717) is 5.75 Å². The van der Waals surface area contributed by atoms with Gasteiger partial charge in [0.05, 0.1) is 24.7 Å². The number of hydrogen-bond donors (Lipinski definition) is 2. The quantitative estimate of drug-likeness (QED) is 0.663. The third-order valence-corrected chi connectivity index (χ3v) is 6.53. The first-order valence-corrected chi connectivity index (χ1v) is 11.1. The molecular formula is C22H30N2O5S. The van der Waals surface area contributed by atoms with E-state index in [4.69, 9.17) is 9.47 Å². The minimum Gasteiger partial charge on any atom is -0.496 e. The van der Waals surface area contributed by atoms with Crippen LogP contribution in [0.3, 0.4) is 0 Å². The molecular weight excluding hydrogens is 404 g/mol. The van der Waals surface area contributed by atoms with E-state index in [1.54, 1.807) is 14.0 Å². The van der Waals surface area contributed by atoms with Crippen molar-refractivity contribution in [2.75, 3.05) is 21.3 Å². The second-order valence-electron chi connectivity index (χ2n) is 7.39. The number of methoxy groups -OCH3 is 2. The Morgan fingerprint density at radius 2 is 1.60 bits per heavy atom. The molecule has 2 aromatic rings. The third-order valence-electron chi connectivity index (χ3n) is 4.99. The molecule has 2 N–H and O–H groups in total. The monoisotopic (exact) mass is 434 g/mol. The highest BCUT2D eigenvalue weighted by atomic mass is 32.2. The molecule has 0 aliphatic heterocycles. The topological polar surface area (TPSA) is 93.7 Å². The molecule has 0 aliphatic carbocycles. The van der Waals surface area contributed by atoms with Crippen LogP contribution < -0.4 is 19.5 Å². The number of sulfonamides is 1. The molecule has 0 aliphatic rings. The molecule has 1 amide bonds. The first-order chi connectivity index (χ1) is 14.0. The van der Waals surface area contributed by atoms with Gasteiger partial charge in [0.25, 0.3) is 5.91 Å². The van der Waals surface area contributed by atoms with Gasteiger partial charge in [0, 0.05) is 13.1 Å². The summed E-state index contributed by atoms with van der Waals surface area (Å²) in [5.41, 5.74) is 2.95. The molecule has 8 heteroatoms. The van der Waals surface area contributed by atoms with E-state index >= 15 is 0 Å². The van der Waals surface area contributed by atoms with Crippen LogP contribution in [0.2, 0.25) is 0 Å². The normalized spacial score (nSPS) is 12.5. The Morgan fingerprint density at radius 3 is 2.13 bits per heavy atom. The highest BCUT2D eigenvalue weighted by Gasteiger charge is 2.23. The summed E-state index contributed by atoms with van der Waals surface area (Å²) < 4.78 is 39.4. The molecule has 7 nitrogen and oxygen atoms in total. The van der Waals surface area contributed by atoms with Gasteiger partial charge in [0.15, 0.2) is 0 Å². The van der Waals surface area contributed by atoms with Gasteiger partial charge in [-0.15, -0.1) is 0 Å². The zero-order chi connectivity index (χ0) is 22.6. The number of carbonyl (C=O) groups is 1. The Hall–Kier alpha value is -2.58. The number of hydrogen-bond acceptors (Lipinski definition) is 5. The lowest BCUT2D eigenvalue weighted by Crippen LogP contribution is -2.28. The van der Waals surface area contributed by atoms with E-state index in [0.717, 1.165) is 22.4 Å². The minimum absolute atomic E-state index is 0.0102. The summed E-state index contributed by atoms with van der Waals surface area (Å²) in [6.45, 7) is 7.83. The van der Waals surface area contributed by atoms with E-state index in [1.807, 2.05) is 19.1 Å². The van der Waals surface area contributed by atoms with E-state index < -0.39 is 22.0 Å². The predicted octanol–water partition coefficient (Wildman–Crippen LogP) is 3.53. The fourth-order valence-corrected chi connectivity index (χ4v) is 4.59. The first kappa shape index (κ1) is 23.7. The Bertz CT molecular complexity index is 1030. The van der Waals surface area contributed by atoms with Crippen LogP contribution in [-0.4, -0.2) is 35.6 Å². The van der Waals surface area contributed by atoms with Crippen LogP contribution in [0.5, 0.6) is 11.5 Å². The SMILES string of the molecule is CNC(=O)c1cc(S(=O)(=O)NC(C)c2cc(C(C)C)c(OC)cc2C)ccc1OC. The number of rotatable bonds is 8. The van der Waals surface area contributed by atoms with Gasteiger partial charge in [0.2, 0.25) is 10.0 Å². The lowest BCUT2D eigenvalue weighted by molar-refractivity contribution is 0.0960. The molecule has 164 valence electrons. The zero-order valence-electron chi connectivity index (χ0n) is 18.5. The predicted molar refractivity (Wildman–Crippen MR) is 117 cm³/mol. The van der Waals surface area contributed by atoms with Gasteiger partial charge in [-0.1, -0.05) is 13.8 Å². The Balaban J connectivity index is 2.42. The number of aryl methyl sites for hydroxylation is 1. The molecule has 1 unspecified atom stereocenters. The maximum Gasteiger partial charge on any atom is 0.254 e. The summed E-state index contributed by atoms with van der Waals surface area (Å²) in [6.07, 6.45) is 0. The molecule has 0 aromatic heterocycles. The summed E-state index contributed by atoms with van der Waals surface area (Å²) >= 11 is 0. The average molecular weight is 435 g/mol. The van der Waals surface area contributed by atoms with Crippen LogP contribution in [-0.2, 0) is 10.0 Å². The Kier molecular flexibility index (Phi) is 7.49. The van der Waals surface area contributed by atoms with Crippen molar-refractivity contribution in [3.05, 3.63) is 52.6 Å². The van der Waals surface area contributed by atoms with Crippen LogP contribution in [0.25, 0.3) is 0 Å². The molecule has 0 bridgehead atoms. The van der Waals surface area contributed by atoms with E-state index in [9.17, 15) is 13.2 Å². The molecule has 0 saturated heterocycles. The van der Waals surface area contributed by atoms with Crippen LogP contribution in [0, 0.1) is 6.92 Å². The number of amides is 1. The second kappa shape index (κ2) is 9.49. The summed E-state index contributed by atoms with van der Waals surface area (Å²) in [6, 6.07) is 7.62. The maximum atomic E-state index is 13.0. The van der Waals surface area contributed by atoms with Gasteiger partial charge in [-0.2, -0.15) is 0 Å². The summed E-state index contributed by atoms with van der Waals surface area (Å²) in [5, 5.41) is 2.49. The van der Waals surface area contributed by atoms with Gasteiger partial charge in [-0.3, -0.25) is 4.79 Å². The van der Waals surface area contributed by atoms with Crippen LogP contribution in [0.1, 0.15) is 59.8 Å². The van der Waals surface area contributed by atoms with Crippen molar-refractivity contribution < 1.29 is 22.7 Å². The van der Waals surface area contributed by atoms with E-state index in [2.05, 4.69) is 23.9 Å². The fraction of sp³-hybridized carbons (Fsp3) is 0.409. The lowest BCUT2D eigenvalue weighted by atomic mass is 9.94. The molecule has 0 spiro atoms. The van der Waals surface area contributed by atoms with Crippen molar-refractivity contribution in [2.45, 2.75) is 44.6 Å². The number of carbonyl (C=O) groups excluding carboxylic acids is 1. The summed E-state index contributed by atoms with van der Waals surface area (Å²) in [5.74, 6) is 0.880. The largest absolute Gasteiger partial charge is 0.496 e. The molecule has 1 atom stereocenters. The maximum absolute atomic E-state index is 13.0.